The molecule has 0 saturated heterocycles. The van der Waals surface area contributed by atoms with Crippen molar-refractivity contribution in [2.45, 2.75) is 18.9 Å². The van der Waals surface area contributed by atoms with Crippen molar-refractivity contribution in [1.82, 2.24) is 9.80 Å². The molecule has 3 aliphatic heterocycles. The number of fused-ring (bicyclic) bond motifs is 2. The van der Waals surface area contributed by atoms with E-state index < -0.39 is 0 Å². The largest absolute Gasteiger partial charge is 0.492 e. The van der Waals surface area contributed by atoms with Gasteiger partial charge in [0, 0.05) is 43.9 Å². The van der Waals surface area contributed by atoms with E-state index >= 15 is 0 Å². The minimum absolute atomic E-state index is 0.272. The predicted octanol–water partition coefficient (Wildman–Crippen LogP) is 2.73. The van der Waals surface area contributed by atoms with Gasteiger partial charge in [-0.3, -0.25) is 4.90 Å². The van der Waals surface area contributed by atoms with Gasteiger partial charge in [-0.1, -0.05) is 12.2 Å². The zero-order valence-electron chi connectivity index (χ0n) is 14.5. The van der Waals surface area contributed by atoms with Crippen LogP contribution >= 0.6 is 0 Å². The third kappa shape index (κ3) is 2.44. The fourth-order valence-corrected chi connectivity index (χ4v) is 3.85. The maximum atomic E-state index is 5.77. The van der Waals surface area contributed by atoms with Crippen LogP contribution in [0.4, 0.5) is 0 Å². The number of methoxy groups -OCH3 is 1. The first-order valence-electron chi connectivity index (χ1n) is 8.45. The lowest BCUT2D eigenvalue weighted by molar-refractivity contribution is 0.170. The zero-order valence-corrected chi connectivity index (χ0v) is 14.5. The quantitative estimate of drug-likeness (QED) is 0.852. The molecule has 4 rings (SSSR count). The van der Waals surface area contributed by atoms with E-state index in [1.165, 1.54) is 16.8 Å². The molecule has 1 unspecified atom stereocenters. The Kier molecular flexibility index (Phi) is 3.88. The first-order valence-corrected chi connectivity index (χ1v) is 8.45. The molecule has 128 valence electrons. The van der Waals surface area contributed by atoms with Gasteiger partial charge in [0.25, 0.3) is 0 Å². The minimum Gasteiger partial charge on any atom is -0.492 e. The summed E-state index contributed by atoms with van der Waals surface area (Å²) in [6, 6.07) is 2.41. The molecule has 0 aromatic heterocycles. The van der Waals surface area contributed by atoms with Gasteiger partial charge in [0.1, 0.15) is 0 Å². The third-order valence-electron chi connectivity index (χ3n) is 5.24. The Balaban J connectivity index is 1.77. The average Bonchev–Trinajstić information content (AvgIpc) is 3.05. The molecular weight excluding hydrogens is 304 g/mol. The van der Waals surface area contributed by atoms with Crippen molar-refractivity contribution in [2.75, 3.05) is 41.1 Å². The number of hydrogen-bond acceptors (Lipinski definition) is 5. The summed E-state index contributed by atoms with van der Waals surface area (Å²) in [5.41, 5.74) is 3.91. The Morgan fingerprint density at radius 3 is 2.96 bits per heavy atom. The number of ether oxygens (including phenoxy) is 3. The normalized spacial score (nSPS) is 22.4. The van der Waals surface area contributed by atoms with Gasteiger partial charge in [0.15, 0.2) is 11.5 Å². The van der Waals surface area contributed by atoms with E-state index in [9.17, 15) is 0 Å². The molecule has 5 nitrogen and oxygen atoms in total. The molecule has 0 aliphatic carbocycles. The highest BCUT2D eigenvalue weighted by molar-refractivity contribution is 5.62. The number of likely N-dealkylation sites (N-methyl/N-ethyl adjacent to an activating group) is 2. The Labute approximate surface area is 143 Å². The van der Waals surface area contributed by atoms with Crippen molar-refractivity contribution >= 4 is 0 Å². The van der Waals surface area contributed by atoms with Crippen LogP contribution in [0.25, 0.3) is 0 Å². The van der Waals surface area contributed by atoms with E-state index in [1.54, 1.807) is 7.11 Å². The lowest BCUT2D eigenvalue weighted by atomic mass is 9.88. The number of hydrogen-bond donors (Lipinski definition) is 0. The summed E-state index contributed by atoms with van der Waals surface area (Å²) in [6.07, 6.45) is 8.51. The summed E-state index contributed by atoms with van der Waals surface area (Å²) < 4.78 is 17.0. The second-order valence-electron chi connectivity index (χ2n) is 6.63. The van der Waals surface area contributed by atoms with Crippen molar-refractivity contribution < 1.29 is 14.2 Å². The van der Waals surface area contributed by atoms with Gasteiger partial charge in [-0.05, 0) is 31.2 Å². The Morgan fingerprint density at radius 1 is 1.29 bits per heavy atom. The van der Waals surface area contributed by atoms with Crippen LogP contribution in [0, 0.1) is 0 Å². The van der Waals surface area contributed by atoms with Crippen LogP contribution in [0.3, 0.4) is 0 Å². The second kappa shape index (κ2) is 6.06. The molecule has 0 bridgehead atoms. The van der Waals surface area contributed by atoms with Crippen molar-refractivity contribution in [3.8, 4) is 17.2 Å². The molecule has 24 heavy (non-hydrogen) atoms. The molecule has 0 saturated carbocycles. The predicted molar refractivity (Wildman–Crippen MR) is 92.7 cm³/mol. The molecule has 3 aliphatic rings. The molecule has 1 aromatic carbocycles. The Morgan fingerprint density at radius 2 is 2.17 bits per heavy atom. The molecule has 0 fully saturated rings. The maximum absolute atomic E-state index is 5.77. The molecule has 0 N–H and O–H groups in total. The smallest absolute Gasteiger partial charge is 0.231 e. The van der Waals surface area contributed by atoms with Gasteiger partial charge >= 0.3 is 0 Å². The standard InChI is InChI=1S/C19H24N2O3/c1-20-8-5-4-6-14(20)11-15-17-13(7-9-21(15)2)10-16-18(19(17)22-3)24-12-23-16/h4-6,10,15H,7-9,11-12H2,1-3H3. The molecule has 5 heteroatoms. The topological polar surface area (TPSA) is 34.2 Å². The van der Waals surface area contributed by atoms with Crippen molar-refractivity contribution in [3.63, 3.8) is 0 Å². The van der Waals surface area contributed by atoms with E-state index in [4.69, 9.17) is 14.2 Å². The van der Waals surface area contributed by atoms with Crippen molar-refractivity contribution in [3.05, 3.63) is 41.1 Å². The molecule has 1 aromatic rings. The second-order valence-corrected chi connectivity index (χ2v) is 6.63. The van der Waals surface area contributed by atoms with Gasteiger partial charge in [-0.2, -0.15) is 0 Å². The van der Waals surface area contributed by atoms with Crippen LogP contribution in [0.15, 0.2) is 30.0 Å². The van der Waals surface area contributed by atoms with Crippen LogP contribution < -0.4 is 14.2 Å². The van der Waals surface area contributed by atoms with Crippen molar-refractivity contribution in [2.24, 2.45) is 0 Å². The molecule has 0 amide bonds. The van der Waals surface area contributed by atoms with Crippen LogP contribution in [0.1, 0.15) is 23.6 Å². The summed E-state index contributed by atoms with van der Waals surface area (Å²) in [7, 11) is 6.06. The van der Waals surface area contributed by atoms with Crippen LogP contribution in [-0.4, -0.2) is 50.9 Å². The SMILES string of the molecule is COc1c2c(cc3c1C(CC1=CC=CCN1C)N(C)CC3)OCO2. The molecular formula is C19H24N2O3. The van der Waals surface area contributed by atoms with Crippen LogP contribution in [0.2, 0.25) is 0 Å². The monoisotopic (exact) mass is 328 g/mol. The Hall–Kier alpha value is -2.14. The first-order chi connectivity index (χ1) is 11.7. The lowest BCUT2D eigenvalue weighted by Gasteiger charge is -2.38. The first kappa shape index (κ1) is 15.4. The van der Waals surface area contributed by atoms with Gasteiger partial charge in [-0.15, -0.1) is 0 Å². The fourth-order valence-electron chi connectivity index (χ4n) is 3.85. The third-order valence-corrected chi connectivity index (χ3v) is 5.24. The Bertz CT molecular complexity index is 711. The van der Waals surface area contributed by atoms with Gasteiger partial charge in [0.2, 0.25) is 12.5 Å². The van der Waals surface area contributed by atoms with Gasteiger partial charge < -0.3 is 19.1 Å². The average molecular weight is 328 g/mol. The highest BCUT2D eigenvalue weighted by atomic mass is 16.7. The highest BCUT2D eigenvalue weighted by Crippen LogP contribution is 2.50. The van der Waals surface area contributed by atoms with Gasteiger partial charge in [0.05, 0.1) is 7.11 Å². The van der Waals surface area contributed by atoms with Crippen LogP contribution in [0.5, 0.6) is 17.2 Å². The summed E-state index contributed by atoms with van der Waals surface area (Å²) in [5.74, 6) is 2.40. The number of nitrogens with zero attached hydrogens (tertiary/aromatic N) is 2. The van der Waals surface area contributed by atoms with E-state index in [0.29, 0.717) is 0 Å². The van der Waals surface area contributed by atoms with E-state index in [1.807, 2.05) is 0 Å². The fraction of sp³-hybridized carbons (Fsp3) is 0.474. The molecule has 0 radical (unpaired) electrons. The lowest BCUT2D eigenvalue weighted by Crippen LogP contribution is -2.34. The summed E-state index contributed by atoms with van der Waals surface area (Å²) in [4.78, 5) is 4.72. The zero-order chi connectivity index (χ0) is 16.7. The van der Waals surface area contributed by atoms with E-state index in [2.05, 4.69) is 48.2 Å². The molecule has 1 atom stereocenters. The van der Waals surface area contributed by atoms with Gasteiger partial charge in [-0.25, -0.2) is 0 Å². The maximum Gasteiger partial charge on any atom is 0.231 e. The van der Waals surface area contributed by atoms with E-state index in [-0.39, 0.29) is 12.8 Å². The summed E-state index contributed by atoms with van der Waals surface area (Å²) >= 11 is 0. The highest BCUT2D eigenvalue weighted by Gasteiger charge is 2.34. The molecule has 3 heterocycles. The minimum atomic E-state index is 0.272. The number of allylic oxidation sites excluding steroid dienone is 2. The summed E-state index contributed by atoms with van der Waals surface area (Å²) in [6.45, 7) is 2.27. The number of benzene rings is 1. The van der Waals surface area contributed by atoms with E-state index in [0.717, 1.165) is 43.2 Å². The number of rotatable bonds is 3. The van der Waals surface area contributed by atoms with Crippen molar-refractivity contribution in [1.29, 1.82) is 0 Å². The summed E-state index contributed by atoms with van der Waals surface area (Å²) in [5, 5.41) is 0. The molecule has 0 spiro atoms. The van der Waals surface area contributed by atoms with Crippen LogP contribution in [-0.2, 0) is 6.42 Å².